The molecule has 1 saturated heterocycles. The lowest BCUT2D eigenvalue weighted by molar-refractivity contribution is -0.132. The molecule has 0 aliphatic carbocycles. The maximum absolute atomic E-state index is 13.1. The van der Waals surface area contributed by atoms with Gasteiger partial charge in [0.2, 0.25) is 17.6 Å². The lowest BCUT2D eigenvalue weighted by atomic mass is 9.99. The van der Waals surface area contributed by atoms with Crippen LogP contribution in [-0.2, 0) is 22.4 Å². The summed E-state index contributed by atoms with van der Waals surface area (Å²) >= 11 is 0. The highest BCUT2D eigenvalue weighted by Gasteiger charge is 2.40. The Morgan fingerprint density at radius 3 is 2.72 bits per heavy atom. The Labute approximate surface area is 206 Å². The number of hydrogen-bond donors (Lipinski definition) is 3. The molecule has 2 atom stereocenters. The highest BCUT2D eigenvalue weighted by Crippen LogP contribution is 2.15. The van der Waals surface area contributed by atoms with Gasteiger partial charge in [0.05, 0.1) is 18.8 Å². The average molecular weight is 494 g/mol. The van der Waals surface area contributed by atoms with Crippen LogP contribution in [0.4, 0.5) is 4.79 Å². The fourth-order valence-electron chi connectivity index (χ4n) is 3.93. The summed E-state index contributed by atoms with van der Waals surface area (Å²) < 4.78 is 5.57. The van der Waals surface area contributed by atoms with E-state index in [0.29, 0.717) is 12.1 Å². The zero-order valence-electron chi connectivity index (χ0n) is 20.1. The van der Waals surface area contributed by atoms with Gasteiger partial charge in [0.1, 0.15) is 12.6 Å². The zero-order chi connectivity index (χ0) is 25.8. The highest BCUT2D eigenvalue weighted by molar-refractivity contribution is 6.07. The molecule has 12 heteroatoms. The quantitative estimate of drug-likeness (QED) is 0.280. The third-order valence-electron chi connectivity index (χ3n) is 5.77. The second kappa shape index (κ2) is 10.5. The maximum Gasteiger partial charge on any atom is 0.325 e. The molecule has 0 bridgehead atoms. The highest BCUT2D eigenvalue weighted by atomic mass is 16.4. The molecule has 12 nitrogen and oxygen atoms in total. The van der Waals surface area contributed by atoms with Gasteiger partial charge in [0.25, 0.3) is 11.8 Å². The van der Waals surface area contributed by atoms with Gasteiger partial charge in [-0.05, 0) is 18.4 Å². The fourth-order valence-corrected chi connectivity index (χ4v) is 3.93. The van der Waals surface area contributed by atoms with Crippen molar-refractivity contribution in [2.24, 2.45) is 5.92 Å². The third kappa shape index (κ3) is 5.65. The molecule has 0 spiro atoms. The van der Waals surface area contributed by atoms with Crippen LogP contribution in [0.15, 0.2) is 41.2 Å². The molecule has 0 radical (unpaired) electrons. The predicted molar refractivity (Wildman–Crippen MR) is 126 cm³/mol. The number of nitrogens with one attached hydrogen (secondary N) is 3. The second-order valence-electron chi connectivity index (χ2n) is 9.03. The molecular formula is C24H27N7O5. The van der Waals surface area contributed by atoms with Crippen LogP contribution in [0.1, 0.15) is 47.2 Å². The number of imide groups is 1. The molecule has 1 aromatic carbocycles. The number of H-pyrrole nitrogens is 1. The van der Waals surface area contributed by atoms with E-state index in [0.717, 1.165) is 16.0 Å². The molecule has 1 aliphatic heterocycles. The number of Topliss-reactive ketones (excluding diaryl/α,β-unsaturated/α-hetero) is 1. The molecule has 4 rings (SSSR count). The number of nitrogens with zero attached hydrogens (tertiary/aromatic N) is 4. The second-order valence-corrected chi connectivity index (χ2v) is 9.03. The first-order valence-electron chi connectivity index (χ1n) is 11.5. The summed E-state index contributed by atoms with van der Waals surface area (Å²) in [5.74, 6) is -1.99. The summed E-state index contributed by atoms with van der Waals surface area (Å²) in [6.07, 6.45) is 3.61. The van der Waals surface area contributed by atoms with Crippen LogP contribution in [0.2, 0.25) is 0 Å². The number of benzene rings is 1. The lowest BCUT2D eigenvalue weighted by Crippen LogP contribution is -2.49. The molecule has 188 valence electrons. The van der Waals surface area contributed by atoms with Crippen molar-refractivity contribution in [1.82, 2.24) is 35.7 Å². The Morgan fingerprint density at radius 2 is 2.03 bits per heavy atom. The monoisotopic (exact) mass is 493 g/mol. The Bertz CT molecular complexity index is 1270. The Hall–Kier alpha value is -4.35. The van der Waals surface area contributed by atoms with Crippen molar-refractivity contribution in [1.29, 1.82) is 0 Å². The van der Waals surface area contributed by atoms with E-state index in [2.05, 4.69) is 30.8 Å². The summed E-state index contributed by atoms with van der Waals surface area (Å²) in [7, 11) is 0. The number of aryl methyl sites for hydroxylation is 1. The summed E-state index contributed by atoms with van der Waals surface area (Å²) in [6.45, 7) is 4.95. The first-order valence-corrected chi connectivity index (χ1v) is 11.5. The van der Waals surface area contributed by atoms with E-state index in [1.54, 1.807) is 20.0 Å². The third-order valence-corrected chi connectivity index (χ3v) is 5.77. The van der Waals surface area contributed by atoms with E-state index in [1.165, 1.54) is 6.33 Å². The average Bonchev–Trinajstić information content (AvgIpc) is 3.56. The minimum absolute atomic E-state index is 0.216. The van der Waals surface area contributed by atoms with Crippen LogP contribution in [0.5, 0.6) is 0 Å². The Kier molecular flexibility index (Phi) is 7.23. The van der Waals surface area contributed by atoms with E-state index in [4.69, 9.17) is 4.42 Å². The number of hydrogen-bond acceptors (Lipinski definition) is 8. The minimum Gasteiger partial charge on any atom is -0.418 e. The van der Waals surface area contributed by atoms with Crippen LogP contribution in [-0.4, -0.2) is 67.3 Å². The van der Waals surface area contributed by atoms with Crippen LogP contribution >= 0.6 is 0 Å². The number of aromatic nitrogens is 4. The molecule has 4 amide bonds. The molecule has 3 heterocycles. The first-order chi connectivity index (χ1) is 17.2. The van der Waals surface area contributed by atoms with Crippen LogP contribution in [0, 0.1) is 12.8 Å². The molecule has 0 unspecified atom stereocenters. The summed E-state index contributed by atoms with van der Waals surface area (Å²) in [4.78, 5) is 58.3. The molecule has 1 aliphatic rings. The van der Waals surface area contributed by atoms with Crippen molar-refractivity contribution in [3.8, 4) is 0 Å². The maximum atomic E-state index is 13.1. The zero-order valence-corrected chi connectivity index (χ0v) is 20.1. The van der Waals surface area contributed by atoms with Crippen molar-refractivity contribution < 1.29 is 23.6 Å². The van der Waals surface area contributed by atoms with E-state index in [-0.39, 0.29) is 24.1 Å². The van der Waals surface area contributed by atoms with Crippen LogP contribution in [0.25, 0.3) is 0 Å². The van der Waals surface area contributed by atoms with Crippen molar-refractivity contribution >= 4 is 23.6 Å². The van der Waals surface area contributed by atoms with Gasteiger partial charge in [0.15, 0.2) is 0 Å². The number of imidazole rings is 1. The number of rotatable bonds is 10. The van der Waals surface area contributed by atoms with Crippen molar-refractivity contribution in [3.05, 3.63) is 65.4 Å². The number of amides is 4. The summed E-state index contributed by atoms with van der Waals surface area (Å²) in [6, 6.07) is 5.34. The smallest absolute Gasteiger partial charge is 0.325 e. The number of carbonyl (C=O) groups excluding carboxylic acids is 4. The van der Waals surface area contributed by atoms with Crippen molar-refractivity contribution in [3.63, 3.8) is 0 Å². The standard InChI is InChI=1S/C24H27N7O5/c1-13(2)20(21(33)22-30-29-19(36-22)8-15-6-4-5-14(3)7-15)28-18(32)11-31-23(34)17(27-24(31)35)9-16-10-25-12-26-16/h4-7,10,12-13,17,20H,8-9,11H2,1-3H3,(H,25,26)(H,27,35)(H,28,32)/t17-,20+/m1/s1. The van der Waals surface area contributed by atoms with E-state index >= 15 is 0 Å². The molecule has 36 heavy (non-hydrogen) atoms. The summed E-state index contributed by atoms with van der Waals surface area (Å²) in [5.41, 5.74) is 2.72. The lowest BCUT2D eigenvalue weighted by Gasteiger charge is -2.21. The van der Waals surface area contributed by atoms with Crippen LogP contribution < -0.4 is 10.6 Å². The Balaban J connectivity index is 1.38. The number of aromatic amines is 1. The van der Waals surface area contributed by atoms with Crippen LogP contribution in [0.3, 0.4) is 0 Å². The minimum atomic E-state index is -0.980. The largest absolute Gasteiger partial charge is 0.418 e. The molecular weight excluding hydrogens is 466 g/mol. The Morgan fingerprint density at radius 1 is 1.22 bits per heavy atom. The van der Waals surface area contributed by atoms with Crippen molar-refractivity contribution in [2.45, 2.75) is 45.7 Å². The normalized spacial score (nSPS) is 16.3. The molecule has 3 aromatic rings. The van der Waals surface area contributed by atoms with E-state index in [1.807, 2.05) is 31.2 Å². The topological polar surface area (TPSA) is 163 Å². The molecule has 1 fully saturated rings. The van der Waals surface area contributed by atoms with Gasteiger partial charge in [-0.2, -0.15) is 0 Å². The van der Waals surface area contributed by atoms with Gasteiger partial charge in [-0.25, -0.2) is 9.78 Å². The van der Waals surface area contributed by atoms with E-state index in [9.17, 15) is 19.2 Å². The number of urea groups is 1. The molecule has 0 saturated carbocycles. The first kappa shape index (κ1) is 24.8. The van der Waals surface area contributed by atoms with Gasteiger partial charge < -0.3 is 20.0 Å². The predicted octanol–water partition coefficient (Wildman–Crippen LogP) is 1.18. The fraction of sp³-hybridized carbons (Fsp3) is 0.375. The van der Waals surface area contributed by atoms with Gasteiger partial charge in [0, 0.05) is 18.3 Å². The van der Waals surface area contributed by atoms with E-state index < -0.39 is 42.3 Å². The number of carbonyl (C=O) groups is 4. The van der Waals surface area contributed by atoms with Gasteiger partial charge in [-0.1, -0.05) is 43.7 Å². The summed E-state index contributed by atoms with van der Waals surface area (Å²) in [5, 5.41) is 13.0. The van der Waals surface area contributed by atoms with Gasteiger partial charge in [-0.15, -0.1) is 10.2 Å². The molecule has 3 N–H and O–H groups in total. The number of ketones is 1. The SMILES string of the molecule is Cc1cccc(Cc2nnc(C(=O)[C@@H](NC(=O)CN3C(=O)N[C@H](Cc4cnc[nH]4)C3=O)C(C)C)o2)c1. The molecule has 2 aromatic heterocycles. The van der Waals surface area contributed by atoms with Gasteiger partial charge in [-0.3, -0.25) is 19.3 Å². The van der Waals surface area contributed by atoms with Crippen molar-refractivity contribution in [2.75, 3.05) is 6.54 Å². The van der Waals surface area contributed by atoms with Gasteiger partial charge >= 0.3 is 6.03 Å².